The number of nitrogens with one attached hydrogen (secondary N) is 2. The number of para-hydroxylation sites is 2. The Kier molecular flexibility index (Phi) is 5.68. The largest absolute Gasteiger partial charge is 0.506 e. The third-order valence-corrected chi connectivity index (χ3v) is 2.95. The lowest BCUT2D eigenvalue weighted by Gasteiger charge is -2.13. The van der Waals surface area contributed by atoms with Crippen LogP contribution in [0.2, 0.25) is 0 Å². The summed E-state index contributed by atoms with van der Waals surface area (Å²) < 4.78 is 11.0. The number of amides is 2. The van der Waals surface area contributed by atoms with Gasteiger partial charge in [-0.25, -0.2) is 4.79 Å². The molecule has 0 heterocycles. The lowest BCUT2D eigenvalue weighted by molar-refractivity contribution is 0.262. The van der Waals surface area contributed by atoms with Crippen molar-refractivity contribution in [2.75, 3.05) is 23.8 Å². The zero-order valence-corrected chi connectivity index (χ0v) is 13.1. The lowest BCUT2D eigenvalue weighted by Crippen LogP contribution is -2.19. The quantitative estimate of drug-likeness (QED) is 0.708. The Balaban J connectivity index is 2.08. The Hall–Kier alpha value is -2.89. The van der Waals surface area contributed by atoms with Crippen LogP contribution in [0, 0.1) is 0 Å². The molecule has 0 aliphatic carbocycles. The van der Waals surface area contributed by atoms with Gasteiger partial charge >= 0.3 is 6.03 Å². The molecule has 122 valence electrons. The third-order valence-electron chi connectivity index (χ3n) is 2.95. The molecule has 3 N–H and O–H groups in total. The molecule has 0 aromatic heterocycles. The fourth-order valence-electron chi connectivity index (χ4n) is 1.99. The van der Waals surface area contributed by atoms with E-state index in [1.54, 1.807) is 36.4 Å². The Morgan fingerprint density at radius 3 is 2.39 bits per heavy atom. The third kappa shape index (κ3) is 4.54. The van der Waals surface area contributed by atoms with Gasteiger partial charge in [-0.05, 0) is 38.1 Å². The summed E-state index contributed by atoms with van der Waals surface area (Å²) in [6.07, 6.45) is 0. The van der Waals surface area contributed by atoms with E-state index in [0.29, 0.717) is 36.1 Å². The number of anilines is 2. The number of phenols is 1. The first-order valence-corrected chi connectivity index (χ1v) is 7.39. The monoisotopic (exact) mass is 316 g/mol. The van der Waals surface area contributed by atoms with Crippen molar-refractivity contribution in [2.45, 2.75) is 13.8 Å². The van der Waals surface area contributed by atoms with Crippen LogP contribution in [0.5, 0.6) is 17.2 Å². The highest BCUT2D eigenvalue weighted by molar-refractivity contribution is 6.00. The Morgan fingerprint density at radius 2 is 1.70 bits per heavy atom. The molecule has 0 bridgehead atoms. The minimum Gasteiger partial charge on any atom is -0.506 e. The van der Waals surface area contributed by atoms with Crippen molar-refractivity contribution in [3.05, 3.63) is 42.5 Å². The normalized spacial score (nSPS) is 10.0. The highest BCUT2D eigenvalue weighted by Crippen LogP contribution is 2.31. The average molecular weight is 316 g/mol. The minimum absolute atomic E-state index is 0.00403. The van der Waals surface area contributed by atoms with Gasteiger partial charge in [-0.2, -0.15) is 0 Å². The number of carbonyl (C=O) groups excluding carboxylic acids is 1. The fraction of sp³-hybridized carbons (Fsp3) is 0.235. The molecule has 0 fully saturated rings. The van der Waals surface area contributed by atoms with Crippen LogP contribution >= 0.6 is 0 Å². The van der Waals surface area contributed by atoms with Gasteiger partial charge in [0.05, 0.1) is 18.9 Å². The maximum absolute atomic E-state index is 12.0. The van der Waals surface area contributed by atoms with Gasteiger partial charge in [0.1, 0.15) is 5.75 Å². The first kappa shape index (κ1) is 16.5. The molecule has 6 nitrogen and oxygen atoms in total. The van der Waals surface area contributed by atoms with Gasteiger partial charge in [-0.1, -0.05) is 12.1 Å². The summed E-state index contributed by atoms with van der Waals surface area (Å²) in [5.41, 5.74) is 0.894. The number of benzene rings is 2. The fourth-order valence-corrected chi connectivity index (χ4v) is 1.99. The van der Waals surface area contributed by atoms with Crippen molar-refractivity contribution in [3.63, 3.8) is 0 Å². The number of aromatic hydroxyl groups is 1. The van der Waals surface area contributed by atoms with Gasteiger partial charge < -0.3 is 25.2 Å². The predicted octanol–water partition coefficient (Wildman–Crippen LogP) is 3.83. The summed E-state index contributed by atoms with van der Waals surface area (Å²) in [6.45, 7) is 4.79. The molecule has 6 heteroatoms. The number of carbonyl (C=O) groups is 1. The van der Waals surface area contributed by atoms with E-state index >= 15 is 0 Å². The zero-order chi connectivity index (χ0) is 16.7. The number of phenolic OH excluding ortho intramolecular Hbond substituents is 1. The highest BCUT2D eigenvalue weighted by Gasteiger charge is 2.09. The van der Waals surface area contributed by atoms with Gasteiger partial charge in [0.25, 0.3) is 0 Å². The van der Waals surface area contributed by atoms with E-state index in [-0.39, 0.29) is 5.75 Å². The van der Waals surface area contributed by atoms with Gasteiger partial charge in [0.2, 0.25) is 0 Å². The van der Waals surface area contributed by atoms with Gasteiger partial charge in [0.15, 0.2) is 11.5 Å². The molecule has 2 aromatic rings. The number of hydrogen-bond donors (Lipinski definition) is 3. The number of ether oxygens (including phenoxy) is 2. The van der Waals surface area contributed by atoms with E-state index in [1.807, 2.05) is 13.8 Å². The number of hydrogen-bond acceptors (Lipinski definition) is 4. The lowest BCUT2D eigenvalue weighted by atomic mass is 10.2. The van der Waals surface area contributed by atoms with Crippen molar-refractivity contribution in [3.8, 4) is 17.2 Å². The summed E-state index contributed by atoms with van der Waals surface area (Å²) in [7, 11) is 0. The van der Waals surface area contributed by atoms with Crippen LogP contribution in [-0.4, -0.2) is 24.4 Å². The summed E-state index contributed by atoms with van der Waals surface area (Å²) in [5, 5.41) is 14.9. The molecular weight excluding hydrogens is 296 g/mol. The molecule has 0 spiro atoms. The molecule has 23 heavy (non-hydrogen) atoms. The topological polar surface area (TPSA) is 79.8 Å². The van der Waals surface area contributed by atoms with E-state index in [1.165, 1.54) is 6.07 Å². The van der Waals surface area contributed by atoms with Crippen molar-refractivity contribution in [2.24, 2.45) is 0 Å². The van der Waals surface area contributed by atoms with Gasteiger partial charge in [-0.15, -0.1) is 0 Å². The summed E-state index contributed by atoms with van der Waals surface area (Å²) in [4.78, 5) is 12.0. The molecule has 0 saturated heterocycles. The molecule has 0 unspecified atom stereocenters. The number of rotatable bonds is 6. The summed E-state index contributed by atoms with van der Waals surface area (Å²) >= 11 is 0. The average Bonchev–Trinajstić information content (AvgIpc) is 2.52. The van der Waals surface area contributed by atoms with Crippen molar-refractivity contribution in [1.82, 2.24) is 0 Å². The van der Waals surface area contributed by atoms with Crippen LogP contribution in [0.15, 0.2) is 42.5 Å². The molecular formula is C17H20N2O4. The Morgan fingerprint density at radius 1 is 1.00 bits per heavy atom. The van der Waals surface area contributed by atoms with Crippen LogP contribution in [-0.2, 0) is 0 Å². The van der Waals surface area contributed by atoms with E-state index in [9.17, 15) is 9.90 Å². The van der Waals surface area contributed by atoms with E-state index in [0.717, 1.165) is 0 Å². The molecule has 2 aromatic carbocycles. The van der Waals surface area contributed by atoms with E-state index in [4.69, 9.17) is 9.47 Å². The number of urea groups is 1. The van der Waals surface area contributed by atoms with Crippen molar-refractivity contribution < 1.29 is 19.4 Å². The Labute approximate surface area is 135 Å². The first-order chi connectivity index (χ1) is 11.1. The van der Waals surface area contributed by atoms with E-state index < -0.39 is 6.03 Å². The first-order valence-electron chi connectivity index (χ1n) is 7.39. The maximum Gasteiger partial charge on any atom is 0.323 e. The molecule has 0 saturated carbocycles. The van der Waals surface area contributed by atoms with Crippen LogP contribution in [0.4, 0.5) is 16.2 Å². The van der Waals surface area contributed by atoms with Crippen molar-refractivity contribution in [1.29, 1.82) is 0 Å². The molecule has 0 aliphatic heterocycles. The van der Waals surface area contributed by atoms with Crippen LogP contribution < -0.4 is 20.1 Å². The smallest absolute Gasteiger partial charge is 0.323 e. The molecule has 0 atom stereocenters. The Bertz CT molecular complexity index is 673. The SMILES string of the molecule is CCOc1ccc(NC(=O)Nc2ccccc2O)cc1OCC. The van der Waals surface area contributed by atoms with Crippen LogP contribution in [0.3, 0.4) is 0 Å². The second-order valence-electron chi connectivity index (χ2n) is 4.62. The van der Waals surface area contributed by atoms with Crippen LogP contribution in [0.25, 0.3) is 0 Å². The highest BCUT2D eigenvalue weighted by atomic mass is 16.5. The van der Waals surface area contributed by atoms with E-state index in [2.05, 4.69) is 10.6 Å². The summed E-state index contributed by atoms with van der Waals surface area (Å²) in [6, 6.07) is 11.2. The summed E-state index contributed by atoms with van der Waals surface area (Å²) in [5.74, 6) is 1.19. The molecule has 0 radical (unpaired) electrons. The minimum atomic E-state index is -0.460. The van der Waals surface area contributed by atoms with Gasteiger partial charge in [0, 0.05) is 11.8 Å². The van der Waals surface area contributed by atoms with Crippen molar-refractivity contribution >= 4 is 17.4 Å². The second kappa shape index (κ2) is 7.93. The maximum atomic E-state index is 12.0. The molecule has 2 amide bonds. The standard InChI is InChI=1S/C17H20N2O4/c1-3-22-15-10-9-12(11-16(15)23-4-2)18-17(21)19-13-7-5-6-8-14(13)20/h5-11,20H,3-4H2,1-2H3,(H2,18,19,21). The molecule has 2 rings (SSSR count). The predicted molar refractivity (Wildman–Crippen MR) is 89.5 cm³/mol. The zero-order valence-electron chi connectivity index (χ0n) is 13.1. The molecule has 0 aliphatic rings. The van der Waals surface area contributed by atoms with Gasteiger partial charge in [-0.3, -0.25) is 0 Å². The second-order valence-corrected chi connectivity index (χ2v) is 4.62. The van der Waals surface area contributed by atoms with Crippen LogP contribution in [0.1, 0.15) is 13.8 Å².